The van der Waals surface area contributed by atoms with E-state index in [-0.39, 0.29) is 12.3 Å². The van der Waals surface area contributed by atoms with Crippen molar-refractivity contribution in [3.8, 4) is 22.8 Å². The summed E-state index contributed by atoms with van der Waals surface area (Å²) in [6.07, 6.45) is 3.52. The van der Waals surface area contributed by atoms with Crippen molar-refractivity contribution in [2.75, 3.05) is 14.2 Å². The van der Waals surface area contributed by atoms with Crippen LogP contribution >= 0.6 is 0 Å². The first-order valence-corrected chi connectivity index (χ1v) is 7.87. The lowest BCUT2D eigenvalue weighted by Gasteiger charge is -2.08. The number of benzene rings is 2. The topological polar surface area (TPSA) is 52.3 Å². The van der Waals surface area contributed by atoms with Gasteiger partial charge in [-0.25, -0.2) is 4.57 Å². The fourth-order valence-electron chi connectivity index (χ4n) is 2.52. The van der Waals surface area contributed by atoms with Crippen molar-refractivity contribution in [2.24, 2.45) is 0 Å². The van der Waals surface area contributed by atoms with Gasteiger partial charge in [-0.1, -0.05) is 30.3 Å². The van der Waals surface area contributed by atoms with Crippen LogP contribution in [0.25, 0.3) is 11.3 Å². The summed E-state index contributed by atoms with van der Waals surface area (Å²) in [4.78, 5) is 16.9. The largest absolute Gasteiger partial charge is 0.493 e. The molecule has 0 N–H and O–H groups in total. The van der Waals surface area contributed by atoms with Crippen molar-refractivity contribution in [1.82, 2.24) is 4.98 Å². The van der Waals surface area contributed by atoms with Crippen LogP contribution in [0.15, 0.2) is 67.1 Å². The van der Waals surface area contributed by atoms with E-state index >= 15 is 0 Å². The van der Waals surface area contributed by atoms with E-state index in [0.717, 1.165) is 11.3 Å². The van der Waals surface area contributed by atoms with Gasteiger partial charge in [0, 0.05) is 17.2 Å². The molecule has 0 spiro atoms. The van der Waals surface area contributed by atoms with Crippen molar-refractivity contribution in [2.45, 2.75) is 6.54 Å². The summed E-state index contributed by atoms with van der Waals surface area (Å²) in [7, 11) is 3.11. The lowest BCUT2D eigenvalue weighted by atomic mass is 10.1. The number of aromatic nitrogens is 2. The molecule has 5 heteroatoms. The number of ketones is 1. The molecule has 0 saturated heterocycles. The highest BCUT2D eigenvalue weighted by molar-refractivity contribution is 5.95. The van der Waals surface area contributed by atoms with Crippen LogP contribution in [0.2, 0.25) is 0 Å². The minimum Gasteiger partial charge on any atom is -0.493 e. The van der Waals surface area contributed by atoms with Crippen LogP contribution in [-0.4, -0.2) is 25.0 Å². The Bertz CT molecular complexity index is 862. The molecule has 0 aliphatic rings. The molecule has 1 aromatic heterocycles. The Morgan fingerprint density at radius 3 is 2.40 bits per heavy atom. The van der Waals surface area contributed by atoms with E-state index in [1.165, 1.54) is 0 Å². The van der Waals surface area contributed by atoms with Crippen LogP contribution in [0.5, 0.6) is 11.5 Å². The van der Waals surface area contributed by atoms with E-state index in [4.69, 9.17) is 9.47 Å². The zero-order valence-corrected chi connectivity index (χ0v) is 14.2. The molecular formula is C20H19N2O3+. The third-order valence-electron chi connectivity index (χ3n) is 3.87. The molecule has 0 radical (unpaired) electrons. The number of carbonyl (C=O) groups excluding carboxylic acids is 1. The molecule has 0 saturated carbocycles. The molecule has 1 heterocycles. The Labute approximate surface area is 146 Å². The molecule has 5 nitrogen and oxygen atoms in total. The Hall–Kier alpha value is -3.21. The average Bonchev–Trinajstić information content (AvgIpc) is 2.68. The Kier molecular flexibility index (Phi) is 5.04. The van der Waals surface area contributed by atoms with Gasteiger partial charge in [-0.15, -0.1) is 0 Å². The van der Waals surface area contributed by atoms with E-state index in [2.05, 4.69) is 4.98 Å². The molecule has 0 fully saturated rings. The molecule has 25 heavy (non-hydrogen) atoms. The van der Waals surface area contributed by atoms with Gasteiger partial charge in [-0.3, -0.25) is 4.79 Å². The van der Waals surface area contributed by atoms with Crippen LogP contribution in [-0.2, 0) is 6.54 Å². The van der Waals surface area contributed by atoms with E-state index in [9.17, 15) is 4.79 Å². The predicted molar refractivity (Wildman–Crippen MR) is 93.7 cm³/mol. The van der Waals surface area contributed by atoms with E-state index in [1.54, 1.807) is 43.3 Å². The summed E-state index contributed by atoms with van der Waals surface area (Å²) in [5.41, 5.74) is 2.48. The molecule has 0 amide bonds. The quantitative estimate of drug-likeness (QED) is 0.513. The minimum atomic E-state index is -0.0276. The van der Waals surface area contributed by atoms with Gasteiger partial charge in [-0.2, -0.15) is 0 Å². The molecular weight excluding hydrogens is 316 g/mol. The molecule has 0 aliphatic heterocycles. The van der Waals surface area contributed by atoms with Crippen LogP contribution in [0.1, 0.15) is 10.4 Å². The number of carbonyl (C=O) groups is 1. The number of hydrogen-bond acceptors (Lipinski definition) is 4. The number of hydrogen-bond donors (Lipinski definition) is 0. The summed E-state index contributed by atoms with van der Waals surface area (Å²) in [5, 5.41) is 0. The summed E-state index contributed by atoms with van der Waals surface area (Å²) in [5.74, 6) is 1.11. The summed E-state index contributed by atoms with van der Waals surface area (Å²) >= 11 is 0. The van der Waals surface area contributed by atoms with Crippen molar-refractivity contribution in [3.63, 3.8) is 0 Å². The van der Waals surface area contributed by atoms with Gasteiger partial charge in [-0.05, 0) is 23.2 Å². The standard InChI is InChI=1S/C20H19N2O3/c1-24-19-9-8-16(12-20(19)25-2)18(23)13-22-11-10-17(21-14-22)15-6-4-3-5-7-15/h3-12,14H,13H2,1-2H3/q+1. The van der Waals surface area contributed by atoms with E-state index < -0.39 is 0 Å². The Morgan fingerprint density at radius 1 is 1.00 bits per heavy atom. The maximum Gasteiger partial charge on any atom is 0.287 e. The predicted octanol–water partition coefficient (Wildman–Crippen LogP) is 2.94. The highest BCUT2D eigenvalue weighted by atomic mass is 16.5. The summed E-state index contributed by atoms with van der Waals surface area (Å²) in [6.45, 7) is 0.206. The number of rotatable bonds is 6. The smallest absolute Gasteiger partial charge is 0.287 e. The Morgan fingerprint density at radius 2 is 1.76 bits per heavy atom. The fourth-order valence-corrected chi connectivity index (χ4v) is 2.52. The first kappa shape index (κ1) is 16.6. The Balaban J connectivity index is 1.75. The first-order valence-electron chi connectivity index (χ1n) is 7.87. The van der Waals surface area contributed by atoms with Gasteiger partial charge in [0.25, 0.3) is 6.33 Å². The van der Waals surface area contributed by atoms with Gasteiger partial charge in [0.05, 0.1) is 20.4 Å². The molecule has 126 valence electrons. The minimum absolute atomic E-state index is 0.0276. The van der Waals surface area contributed by atoms with Crippen molar-refractivity contribution < 1.29 is 18.8 Å². The summed E-state index contributed by atoms with van der Waals surface area (Å²) < 4.78 is 12.2. The van der Waals surface area contributed by atoms with E-state index in [0.29, 0.717) is 17.1 Å². The lowest BCUT2D eigenvalue weighted by molar-refractivity contribution is -0.686. The van der Waals surface area contributed by atoms with Crippen molar-refractivity contribution >= 4 is 5.78 Å². The van der Waals surface area contributed by atoms with Gasteiger partial charge >= 0.3 is 0 Å². The van der Waals surface area contributed by atoms with Gasteiger partial charge in [0.1, 0.15) is 0 Å². The monoisotopic (exact) mass is 335 g/mol. The number of ether oxygens (including phenoxy) is 2. The zero-order valence-electron chi connectivity index (χ0n) is 14.2. The number of nitrogens with zero attached hydrogens (tertiary/aromatic N) is 2. The lowest BCUT2D eigenvalue weighted by Crippen LogP contribution is -2.37. The molecule has 0 aliphatic carbocycles. The first-order chi connectivity index (χ1) is 12.2. The normalized spacial score (nSPS) is 10.3. The van der Waals surface area contributed by atoms with Gasteiger partial charge in [0.2, 0.25) is 5.78 Å². The summed E-state index contributed by atoms with van der Waals surface area (Å²) in [6, 6.07) is 17.0. The second-order valence-electron chi connectivity index (χ2n) is 5.48. The molecule has 0 atom stereocenters. The highest BCUT2D eigenvalue weighted by Crippen LogP contribution is 2.27. The average molecular weight is 335 g/mol. The molecule has 0 unspecified atom stereocenters. The van der Waals surface area contributed by atoms with Crippen LogP contribution in [0.3, 0.4) is 0 Å². The van der Waals surface area contributed by atoms with Crippen molar-refractivity contribution in [1.29, 1.82) is 0 Å². The van der Waals surface area contributed by atoms with Crippen LogP contribution in [0, 0.1) is 0 Å². The highest BCUT2D eigenvalue weighted by Gasteiger charge is 2.14. The number of Topliss-reactive ketones (excluding diaryl/α,β-unsaturated/α-hetero) is 1. The SMILES string of the molecule is COc1ccc(C(=O)C[n+]2ccc(-c3ccccc3)nc2)cc1OC. The zero-order chi connectivity index (χ0) is 17.6. The maximum atomic E-state index is 12.5. The second-order valence-corrected chi connectivity index (χ2v) is 5.48. The second kappa shape index (κ2) is 7.57. The molecule has 3 rings (SSSR count). The molecule has 0 bridgehead atoms. The van der Waals surface area contributed by atoms with Gasteiger partial charge in [0.15, 0.2) is 23.7 Å². The molecule has 2 aromatic carbocycles. The van der Waals surface area contributed by atoms with Crippen molar-refractivity contribution in [3.05, 3.63) is 72.7 Å². The van der Waals surface area contributed by atoms with Crippen LogP contribution in [0.4, 0.5) is 0 Å². The van der Waals surface area contributed by atoms with Crippen LogP contribution < -0.4 is 14.0 Å². The third kappa shape index (κ3) is 3.83. The number of methoxy groups -OCH3 is 2. The van der Waals surface area contributed by atoms with Gasteiger partial charge < -0.3 is 9.47 Å². The van der Waals surface area contributed by atoms with E-state index in [1.807, 2.05) is 42.6 Å². The fraction of sp³-hybridized carbons (Fsp3) is 0.150. The third-order valence-corrected chi connectivity index (χ3v) is 3.87. The maximum absolute atomic E-state index is 12.5. The molecule has 3 aromatic rings.